The molecule has 6 heteroatoms. The van der Waals surface area contributed by atoms with Crippen LogP contribution in [0, 0.1) is 5.92 Å². The zero-order valence-electron chi connectivity index (χ0n) is 9.48. The second-order valence-corrected chi connectivity index (χ2v) is 6.33. The molecule has 0 bridgehead atoms. The Bertz CT molecular complexity index is 335. The number of hydrogen-bond acceptors (Lipinski definition) is 3. The number of sulfonamides is 1. The van der Waals surface area contributed by atoms with Crippen molar-refractivity contribution < 1.29 is 18.3 Å². The average molecular weight is 249 g/mol. The van der Waals surface area contributed by atoms with Gasteiger partial charge < -0.3 is 5.11 Å². The van der Waals surface area contributed by atoms with Crippen molar-refractivity contribution in [1.82, 2.24) is 4.72 Å². The Morgan fingerprint density at radius 1 is 1.50 bits per heavy atom. The number of aliphatic carboxylic acids is 1. The molecule has 94 valence electrons. The van der Waals surface area contributed by atoms with Gasteiger partial charge in [0.1, 0.15) is 0 Å². The fraction of sp³-hybridized carbons (Fsp3) is 0.900. The van der Waals surface area contributed by atoms with Gasteiger partial charge in [-0.2, -0.15) is 0 Å². The SMILES string of the molecule is CC(CCCC(=O)O)NS(=O)(=O)CC1CC1. The summed E-state index contributed by atoms with van der Waals surface area (Å²) in [5.41, 5.74) is 0. The highest BCUT2D eigenvalue weighted by Crippen LogP contribution is 2.30. The van der Waals surface area contributed by atoms with Gasteiger partial charge in [-0.3, -0.25) is 4.79 Å². The van der Waals surface area contributed by atoms with E-state index in [1.807, 2.05) is 0 Å². The molecule has 1 aliphatic carbocycles. The van der Waals surface area contributed by atoms with Crippen LogP contribution in [0.1, 0.15) is 39.0 Å². The van der Waals surface area contributed by atoms with Gasteiger partial charge in [0.15, 0.2) is 0 Å². The first-order chi connectivity index (χ1) is 7.39. The minimum absolute atomic E-state index is 0.0920. The summed E-state index contributed by atoms with van der Waals surface area (Å²) in [7, 11) is -3.17. The minimum atomic E-state index is -3.17. The molecule has 2 N–H and O–H groups in total. The van der Waals surface area contributed by atoms with E-state index >= 15 is 0 Å². The molecule has 16 heavy (non-hydrogen) atoms. The summed E-state index contributed by atoms with van der Waals surface area (Å²) in [6.45, 7) is 1.77. The van der Waals surface area contributed by atoms with Gasteiger partial charge in [-0.15, -0.1) is 0 Å². The molecule has 5 nitrogen and oxygen atoms in total. The van der Waals surface area contributed by atoms with Crippen LogP contribution in [0.4, 0.5) is 0 Å². The summed E-state index contributed by atoms with van der Waals surface area (Å²) in [6.07, 6.45) is 3.18. The van der Waals surface area contributed by atoms with Gasteiger partial charge in [0, 0.05) is 12.5 Å². The third kappa shape index (κ3) is 6.07. The predicted octanol–water partition coefficient (Wildman–Crippen LogP) is 0.959. The molecular formula is C10H19NO4S. The Labute approximate surface area is 96.3 Å². The number of carboxylic acid groups (broad SMARTS) is 1. The van der Waals surface area contributed by atoms with E-state index in [0.29, 0.717) is 18.8 Å². The smallest absolute Gasteiger partial charge is 0.303 e. The quantitative estimate of drug-likeness (QED) is 0.671. The van der Waals surface area contributed by atoms with Crippen molar-refractivity contribution in [2.45, 2.75) is 45.1 Å². The Kier molecular flexibility index (Phi) is 4.73. The lowest BCUT2D eigenvalue weighted by Crippen LogP contribution is -2.34. The van der Waals surface area contributed by atoms with Crippen molar-refractivity contribution in [2.75, 3.05) is 5.75 Å². The topological polar surface area (TPSA) is 83.5 Å². The summed E-state index contributed by atoms with van der Waals surface area (Å²) in [6, 6.07) is -0.178. The molecule has 0 spiro atoms. The zero-order valence-corrected chi connectivity index (χ0v) is 10.3. The fourth-order valence-corrected chi connectivity index (χ4v) is 3.35. The summed E-state index contributed by atoms with van der Waals surface area (Å²) in [5, 5.41) is 8.45. The average Bonchev–Trinajstić information content (AvgIpc) is 2.84. The van der Waals surface area contributed by atoms with E-state index in [-0.39, 0.29) is 18.2 Å². The molecule has 1 unspecified atom stereocenters. The lowest BCUT2D eigenvalue weighted by molar-refractivity contribution is -0.137. The molecule has 0 heterocycles. The molecule has 1 rings (SSSR count). The molecular weight excluding hydrogens is 230 g/mol. The van der Waals surface area contributed by atoms with Gasteiger partial charge in [0.05, 0.1) is 5.75 Å². The van der Waals surface area contributed by atoms with Gasteiger partial charge in [0.2, 0.25) is 10.0 Å². The largest absolute Gasteiger partial charge is 0.481 e. The van der Waals surface area contributed by atoms with Crippen LogP contribution >= 0.6 is 0 Å². The van der Waals surface area contributed by atoms with Crippen LogP contribution in [0.3, 0.4) is 0 Å². The third-order valence-electron chi connectivity index (χ3n) is 2.56. The van der Waals surface area contributed by atoms with Crippen molar-refractivity contribution in [2.24, 2.45) is 5.92 Å². The number of hydrogen-bond donors (Lipinski definition) is 2. The van der Waals surface area contributed by atoms with Crippen LogP contribution in [-0.4, -0.2) is 31.3 Å². The third-order valence-corrected chi connectivity index (χ3v) is 4.23. The number of rotatable bonds is 8. The van der Waals surface area contributed by atoms with Gasteiger partial charge in [-0.1, -0.05) is 0 Å². The van der Waals surface area contributed by atoms with Crippen LogP contribution in [0.15, 0.2) is 0 Å². The van der Waals surface area contributed by atoms with Crippen LogP contribution < -0.4 is 4.72 Å². The molecule has 0 aromatic carbocycles. The molecule has 1 fully saturated rings. The lowest BCUT2D eigenvalue weighted by atomic mass is 10.1. The molecule has 0 radical (unpaired) electrons. The first-order valence-corrected chi connectivity index (χ1v) is 7.26. The number of carboxylic acids is 1. The van der Waals surface area contributed by atoms with E-state index in [1.165, 1.54) is 0 Å². The zero-order chi connectivity index (χ0) is 12.2. The van der Waals surface area contributed by atoms with Gasteiger partial charge in [0.25, 0.3) is 0 Å². The molecule has 0 aliphatic heterocycles. The van der Waals surface area contributed by atoms with Gasteiger partial charge in [-0.25, -0.2) is 13.1 Å². The maximum Gasteiger partial charge on any atom is 0.303 e. The van der Waals surface area contributed by atoms with Crippen LogP contribution in [0.5, 0.6) is 0 Å². The van der Waals surface area contributed by atoms with Gasteiger partial charge in [-0.05, 0) is 38.5 Å². The van der Waals surface area contributed by atoms with Crippen molar-refractivity contribution in [1.29, 1.82) is 0 Å². The van der Waals surface area contributed by atoms with E-state index in [9.17, 15) is 13.2 Å². The molecule has 1 saturated carbocycles. The second kappa shape index (κ2) is 5.63. The van der Waals surface area contributed by atoms with Crippen molar-refractivity contribution in [3.63, 3.8) is 0 Å². The molecule has 1 aliphatic rings. The standard InChI is InChI=1S/C10H19NO4S/c1-8(3-2-4-10(12)13)11-16(14,15)7-9-5-6-9/h8-9,11H,2-7H2,1H3,(H,12,13). The van der Waals surface area contributed by atoms with E-state index in [4.69, 9.17) is 5.11 Å². The van der Waals surface area contributed by atoms with E-state index in [0.717, 1.165) is 12.8 Å². The highest BCUT2D eigenvalue weighted by molar-refractivity contribution is 7.89. The summed E-state index contributed by atoms with van der Waals surface area (Å²) in [5.74, 6) is -0.284. The van der Waals surface area contributed by atoms with Crippen LogP contribution in [-0.2, 0) is 14.8 Å². The first kappa shape index (κ1) is 13.4. The molecule has 0 saturated heterocycles. The Balaban J connectivity index is 2.21. The van der Waals surface area contributed by atoms with Crippen LogP contribution in [0.2, 0.25) is 0 Å². The Morgan fingerprint density at radius 2 is 2.12 bits per heavy atom. The number of nitrogens with one attached hydrogen (secondary N) is 1. The van der Waals surface area contributed by atoms with Crippen molar-refractivity contribution in [3.05, 3.63) is 0 Å². The highest BCUT2D eigenvalue weighted by atomic mass is 32.2. The van der Waals surface area contributed by atoms with Crippen LogP contribution in [0.25, 0.3) is 0 Å². The normalized spacial score (nSPS) is 18.3. The summed E-state index contributed by atoms with van der Waals surface area (Å²) < 4.78 is 25.7. The predicted molar refractivity (Wildman–Crippen MR) is 60.6 cm³/mol. The van der Waals surface area contributed by atoms with Gasteiger partial charge >= 0.3 is 5.97 Å². The summed E-state index contributed by atoms with van der Waals surface area (Å²) >= 11 is 0. The molecule has 0 amide bonds. The van der Waals surface area contributed by atoms with E-state index in [1.54, 1.807) is 6.92 Å². The minimum Gasteiger partial charge on any atom is -0.481 e. The molecule has 1 atom stereocenters. The maximum absolute atomic E-state index is 11.6. The monoisotopic (exact) mass is 249 g/mol. The maximum atomic E-state index is 11.6. The lowest BCUT2D eigenvalue weighted by Gasteiger charge is -2.13. The van der Waals surface area contributed by atoms with E-state index < -0.39 is 16.0 Å². The first-order valence-electron chi connectivity index (χ1n) is 5.61. The Morgan fingerprint density at radius 3 is 2.62 bits per heavy atom. The second-order valence-electron chi connectivity index (χ2n) is 4.53. The van der Waals surface area contributed by atoms with E-state index in [2.05, 4.69) is 4.72 Å². The molecule has 0 aromatic rings. The Hall–Kier alpha value is -0.620. The van der Waals surface area contributed by atoms with Crippen molar-refractivity contribution >= 4 is 16.0 Å². The highest BCUT2D eigenvalue weighted by Gasteiger charge is 2.28. The molecule has 0 aromatic heterocycles. The summed E-state index contributed by atoms with van der Waals surface area (Å²) in [4.78, 5) is 10.3. The number of carbonyl (C=O) groups is 1. The van der Waals surface area contributed by atoms with Crippen molar-refractivity contribution in [3.8, 4) is 0 Å². The fourth-order valence-electron chi connectivity index (χ4n) is 1.57.